The SMILES string of the molecule is CC[C@@H](Nc1c(Nc2ccc(Cl)c(S(=O)(=O)N(C)OC)c2O)c(=O)c1=O)c1ccc(C)s1. The Bertz CT molecular complexity index is 1330. The van der Waals surface area contributed by atoms with Crippen LogP contribution in [0.1, 0.15) is 29.1 Å². The van der Waals surface area contributed by atoms with Crippen molar-refractivity contribution < 1.29 is 18.4 Å². The van der Waals surface area contributed by atoms with Crippen LogP contribution in [-0.4, -0.2) is 32.2 Å². The van der Waals surface area contributed by atoms with E-state index >= 15 is 0 Å². The maximum absolute atomic E-state index is 12.6. The zero-order chi connectivity index (χ0) is 23.8. The first-order valence-electron chi connectivity index (χ1n) is 9.50. The lowest BCUT2D eigenvalue weighted by molar-refractivity contribution is -0.0259. The molecule has 3 rings (SSSR count). The number of hydroxylamine groups is 1. The summed E-state index contributed by atoms with van der Waals surface area (Å²) in [5, 5.41) is 16.1. The van der Waals surface area contributed by atoms with Crippen LogP contribution in [0.25, 0.3) is 0 Å². The molecule has 9 nitrogen and oxygen atoms in total. The number of aromatic hydroxyl groups is 1. The molecule has 0 aliphatic carbocycles. The Morgan fingerprint density at radius 3 is 2.41 bits per heavy atom. The Hall–Kier alpha value is -2.44. The Kier molecular flexibility index (Phi) is 6.96. The Labute approximate surface area is 193 Å². The van der Waals surface area contributed by atoms with E-state index in [2.05, 4.69) is 10.6 Å². The van der Waals surface area contributed by atoms with Crippen LogP contribution < -0.4 is 21.5 Å². The molecule has 2 aromatic carbocycles. The predicted octanol–water partition coefficient (Wildman–Crippen LogP) is 3.50. The van der Waals surface area contributed by atoms with Gasteiger partial charge in [-0.25, -0.2) is 8.42 Å². The maximum Gasteiger partial charge on any atom is 0.269 e. The fourth-order valence-corrected chi connectivity index (χ4v) is 5.67. The average molecular weight is 500 g/mol. The van der Waals surface area contributed by atoms with Crippen LogP contribution in [0.5, 0.6) is 5.75 Å². The standard InChI is InChI=1S/C20H22ClN3O6S2/c1-5-12(14-9-6-10(2)31-14)22-15-16(19(27)18(15)26)23-13-8-7-11(21)20(17(13)25)32(28,29)24(3)30-4/h6-9,12,22-23,25H,5H2,1-4H3/t12-/m1/s1. The number of nitrogens with one attached hydrogen (secondary N) is 2. The Morgan fingerprint density at radius 2 is 1.84 bits per heavy atom. The number of rotatable bonds is 9. The van der Waals surface area contributed by atoms with Crippen LogP contribution in [-0.2, 0) is 14.9 Å². The van der Waals surface area contributed by atoms with Crippen LogP contribution in [0, 0.1) is 6.92 Å². The molecule has 1 heterocycles. The number of phenols is 1. The molecule has 0 aliphatic rings. The quantitative estimate of drug-likeness (QED) is 0.232. The largest absolute Gasteiger partial charge is 0.504 e. The number of benzene rings is 1. The first-order valence-corrected chi connectivity index (χ1v) is 12.1. The Morgan fingerprint density at radius 1 is 1.19 bits per heavy atom. The summed E-state index contributed by atoms with van der Waals surface area (Å²) in [7, 11) is -2.00. The molecule has 0 spiro atoms. The van der Waals surface area contributed by atoms with Gasteiger partial charge >= 0.3 is 0 Å². The van der Waals surface area contributed by atoms with E-state index in [1.807, 2.05) is 26.0 Å². The maximum atomic E-state index is 12.6. The van der Waals surface area contributed by atoms with Crippen molar-refractivity contribution in [2.45, 2.75) is 31.2 Å². The van der Waals surface area contributed by atoms with Gasteiger partial charge in [0.1, 0.15) is 16.3 Å². The van der Waals surface area contributed by atoms with E-state index < -0.39 is 31.5 Å². The van der Waals surface area contributed by atoms with Crippen LogP contribution in [0.2, 0.25) is 5.02 Å². The molecule has 32 heavy (non-hydrogen) atoms. The third-order valence-electron chi connectivity index (χ3n) is 4.94. The van der Waals surface area contributed by atoms with Crippen LogP contribution in [0.4, 0.5) is 17.1 Å². The highest BCUT2D eigenvalue weighted by molar-refractivity contribution is 7.89. The van der Waals surface area contributed by atoms with E-state index in [0.29, 0.717) is 10.9 Å². The first kappa shape index (κ1) is 24.2. The summed E-state index contributed by atoms with van der Waals surface area (Å²) in [5.41, 5.74) is -1.58. The second kappa shape index (κ2) is 9.20. The molecule has 0 radical (unpaired) electrons. The minimum atomic E-state index is -4.28. The fourth-order valence-electron chi connectivity index (χ4n) is 3.09. The summed E-state index contributed by atoms with van der Waals surface area (Å²) in [6, 6.07) is 6.29. The van der Waals surface area contributed by atoms with E-state index in [0.717, 1.165) is 23.9 Å². The number of hydrogen-bond acceptors (Lipinski definition) is 9. The van der Waals surface area contributed by atoms with Gasteiger partial charge in [-0.3, -0.25) is 14.4 Å². The van der Waals surface area contributed by atoms with E-state index in [-0.39, 0.29) is 28.1 Å². The van der Waals surface area contributed by atoms with E-state index in [1.54, 1.807) is 11.3 Å². The minimum Gasteiger partial charge on any atom is -0.504 e. The van der Waals surface area contributed by atoms with Gasteiger partial charge in [-0.15, -0.1) is 11.3 Å². The summed E-state index contributed by atoms with van der Waals surface area (Å²) in [4.78, 5) is 30.7. The smallest absolute Gasteiger partial charge is 0.269 e. The number of phenolic OH excluding ortho intramolecular Hbond substituents is 1. The lowest BCUT2D eigenvalue weighted by Gasteiger charge is -2.22. The van der Waals surface area contributed by atoms with Gasteiger partial charge in [-0.1, -0.05) is 23.0 Å². The molecule has 172 valence electrons. The highest BCUT2D eigenvalue weighted by Crippen LogP contribution is 2.40. The first-order chi connectivity index (χ1) is 15.0. The molecule has 1 atom stereocenters. The van der Waals surface area contributed by atoms with Gasteiger partial charge in [0.15, 0.2) is 5.75 Å². The van der Waals surface area contributed by atoms with Crippen molar-refractivity contribution in [1.82, 2.24) is 4.47 Å². The summed E-state index contributed by atoms with van der Waals surface area (Å²) in [6.45, 7) is 3.92. The van der Waals surface area contributed by atoms with Gasteiger partial charge < -0.3 is 15.7 Å². The topological polar surface area (TPSA) is 125 Å². The molecule has 0 aliphatic heterocycles. The molecule has 0 fully saturated rings. The van der Waals surface area contributed by atoms with Gasteiger partial charge in [-0.2, -0.15) is 0 Å². The number of aryl methyl sites for hydroxylation is 1. The zero-order valence-electron chi connectivity index (χ0n) is 17.7. The molecule has 1 aromatic heterocycles. The molecule has 0 unspecified atom stereocenters. The summed E-state index contributed by atoms with van der Waals surface area (Å²) in [5.74, 6) is -0.707. The van der Waals surface area contributed by atoms with Crippen LogP contribution >= 0.6 is 22.9 Å². The number of hydrogen-bond donors (Lipinski definition) is 3. The van der Waals surface area contributed by atoms with Gasteiger partial charge in [0, 0.05) is 16.8 Å². The lowest BCUT2D eigenvalue weighted by Crippen LogP contribution is -2.37. The third kappa shape index (κ3) is 4.26. The number of halogens is 1. The van der Waals surface area contributed by atoms with Crippen LogP contribution in [0.15, 0.2) is 38.8 Å². The van der Waals surface area contributed by atoms with Crippen molar-refractivity contribution >= 4 is 50.0 Å². The summed E-state index contributed by atoms with van der Waals surface area (Å²) in [6.07, 6.45) is 0.663. The second-order valence-electron chi connectivity index (χ2n) is 6.96. The van der Waals surface area contributed by atoms with Gasteiger partial charge in [0.2, 0.25) is 0 Å². The molecular weight excluding hydrogens is 478 g/mol. The van der Waals surface area contributed by atoms with E-state index in [4.69, 9.17) is 16.4 Å². The second-order valence-corrected chi connectivity index (χ2v) is 10.6. The van der Waals surface area contributed by atoms with Gasteiger partial charge in [-0.05, 0) is 37.6 Å². The third-order valence-corrected chi connectivity index (χ3v) is 8.24. The summed E-state index contributed by atoms with van der Waals surface area (Å²) < 4.78 is 25.8. The number of thiophene rings is 1. The number of sulfonamides is 1. The number of anilines is 3. The minimum absolute atomic E-state index is 0.0669. The van der Waals surface area contributed by atoms with Crippen molar-refractivity contribution in [3.8, 4) is 5.75 Å². The van der Waals surface area contributed by atoms with Crippen molar-refractivity contribution in [1.29, 1.82) is 0 Å². The molecular formula is C20H22ClN3O6S2. The molecule has 0 saturated heterocycles. The monoisotopic (exact) mass is 499 g/mol. The van der Waals surface area contributed by atoms with Crippen molar-refractivity contribution in [3.63, 3.8) is 0 Å². The van der Waals surface area contributed by atoms with Gasteiger partial charge in [0.05, 0.1) is 23.9 Å². The molecule has 0 saturated carbocycles. The lowest BCUT2D eigenvalue weighted by atomic mass is 10.1. The Balaban J connectivity index is 1.98. The van der Waals surface area contributed by atoms with Crippen LogP contribution in [0.3, 0.4) is 0 Å². The molecule has 3 N–H and O–H groups in total. The molecule has 3 aromatic rings. The van der Waals surface area contributed by atoms with Crippen molar-refractivity contribution in [2.75, 3.05) is 24.8 Å². The molecule has 0 bridgehead atoms. The predicted molar refractivity (Wildman–Crippen MR) is 125 cm³/mol. The van der Waals surface area contributed by atoms with Gasteiger partial charge in [0.25, 0.3) is 20.9 Å². The summed E-state index contributed by atoms with van der Waals surface area (Å²) >= 11 is 7.59. The average Bonchev–Trinajstić information content (AvgIpc) is 3.19. The molecule has 0 amide bonds. The van der Waals surface area contributed by atoms with E-state index in [9.17, 15) is 23.1 Å². The normalized spacial score (nSPS) is 12.9. The van der Waals surface area contributed by atoms with Crippen molar-refractivity contribution in [2.24, 2.45) is 0 Å². The van der Waals surface area contributed by atoms with Crippen molar-refractivity contribution in [3.05, 3.63) is 59.5 Å². The van der Waals surface area contributed by atoms with E-state index in [1.165, 1.54) is 12.1 Å². The number of nitrogens with zero attached hydrogens (tertiary/aromatic N) is 1. The highest BCUT2D eigenvalue weighted by Gasteiger charge is 2.31. The zero-order valence-corrected chi connectivity index (χ0v) is 20.1. The highest BCUT2D eigenvalue weighted by atomic mass is 35.5. The fraction of sp³-hybridized carbons (Fsp3) is 0.300. The molecule has 12 heteroatoms.